The highest BCUT2D eigenvalue weighted by atomic mass is 19.4. The molecule has 0 aliphatic carbocycles. The van der Waals surface area contributed by atoms with Crippen molar-refractivity contribution in [1.82, 2.24) is 19.6 Å². The molecule has 3 heterocycles. The minimum Gasteiger partial charge on any atom is -0.467 e. The summed E-state index contributed by atoms with van der Waals surface area (Å²) in [5, 5.41) is 6.80. The van der Waals surface area contributed by atoms with Gasteiger partial charge in [0.15, 0.2) is 5.69 Å². The van der Waals surface area contributed by atoms with Gasteiger partial charge in [-0.2, -0.15) is 27.8 Å². The zero-order valence-corrected chi connectivity index (χ0v) is 11.9. The fourth-order valence-electron chi connectivity index (χ4n) is 2.09. The summed E-state index contributed by atoms with van der Waals surface area (Å²) in [6.45, 7) is 0.188. The molecule has 122 valence electrons. The quantitative estimate of drug-likeness (QED) is 0.776. The molecule has 0 aromatic carbocycles. The van der Waals surface area contributed by atoms with Crippen molar-refractivity contribution in [2.45, 2.75) is 12.2 Å². The molecule has 23 heavy (non-hydrogen) atoms. The number of hydrogen-bond acceptors (Lipinski definition) is 6. The van der Waals surface area contributed by atoms with Crippen LogP contribution < -0.4 is 5.32 Å². The second-order valence-electron chi connectivity index (χ2n) is 4.66. The van der Waals surface area contributed by atoms with E-state index in [1.807, 2.05) is 0 Å². The van der Waals surface area contributed by atoms with E-state index in [-0.39, 0.29) is 18.2 Å². The predicted octanol–water partition coefficient (Wildman–Crippen LogP) is 2.54. The van der Waals surface area contributed by atoms with Crippen LogP contribution in [0.15, 0.2) is 35.2 Å². The Bertz CT molecular complexity index is 785. The van der Waals surface area contributed by atoms with Crippen molar-refractivity contribution in [3.05, 3.63) is 42.2 Å². The molecule has 0 aliphatic heterocycles. The van der Waals surface area contributed by atoms with E-state index < -0.39 is 17.9 Å². The molecule has 0 saturated heterocycles. The molecule has 7 nitrogen and oxygen atoms in total. The normalized spacial score (nSPS) is 13.4. The van der Waals surface area contributed by atoms with Gasteiger partial charge in [-0.15, -0.1) is 0 Å². The zero-order valence-electron chi connectivity index (χ0n) is 11.9. The summed E-state index contributed by atoms with van der Waals surface area (Å²) in [6.07, 6.45) is -1.99. The first-order valence-corrected chi connectivity index (χ1v) is 6.56. The first-order chi connectivity index (χ1) is 11.0. The average molecular weight is 327 g/mol. The summed E-state index contributed by atoms with van der Waals surface area (Å²) in [7, 11) is 1.48. The molecule has 1 atom stereocenters. The lowest BCUT2D eigenvalue weighted by Crippen LogP contribution is -2.19. The van der Waals surface area contributed by atoms with E-state index in [0.29, 0.717) is 5.76 Å². The van der Waals surface area contributed by atoms with Gasteiger partial charge < -0.3 is 14.5 Å². The van der Waals surface area contributed by atoms with Gasteiger partial charge in [-0.3, -0.25) is 0 Å². The topological polar surface area (TPSA) is 77.5 Å². The Morgan fingerprint density at radius 2 is 2.26 bits per heavy atom. The first kappa shape index (κ1) is 15.3. The molecule has 3 rings (SSSR count). The number of methoxy groups -OCH3 is 1. The molecule has 1 unspecified atom stereocenters. The number of halogens is 3. The Morgan fingerprint density at radius 3 is 2.91 bits per heavy atom. The van der Waals surface area contributed by atoms with E-state index in [1.165, 1.54) is 17.9 Å². The van der Waals surface area contributed by atoms with E-state index in [0.717, 1.165) is 12.4 Å². The molecular formula is C13H12F3N5O2. The minimum atomic E-state index is -4.59. The lowest BCUT2D eigenvalue weighted by Gasteiger charge is -2.18. The van der Waals surface area contributed by atoms with Gasteiger partial charge in [0.2, 0.25) is 0 Å². The third-order valence-corrected chi connectivity index (χ3v) is 3.08. The van der Waals surface area contributed by atoms with Crippen molar-refractivity contribution >= 4 is 11.6 Å². The standard InChI is InChI=1S/C13H12F3N5O2/c1-22-6-8(9-3-2-4-23-9)19-11-5-10(13(14,15)16)20-12-17-7-18-21(11)12/h2-5,7-8,19H,6H2,1H3. The number of aromatic nitrogens is 4. The highest BCUT2D eigenvalue weighted by molar-refractivity contribution is 5.46. The summed E-state index contributed by atoms with van der Waals surface area (Å²) in [6, 6.07) is 3.75. The van der Waals surface area contributed by atoms with Gasteiger partial charge in [-0.1, -0.05) is 0 Å². The third kappa shape index (κ3) is 3.11. The summed E-state index contributed by atoms with van der Waals surface area (Å²) in [4.78, 5) is 7.17. The van der Waals surface area contributed by atoms with Crippen LogP contribution in [0.3, 0.4) is 0 Å². The Hall–Kier alpha value is -2.62. The van der Waals surface area contributed by atoms with Crippen molar-refractivity contribution in [2.75, 3.05) is 19.0 Å². The summed E-state index contributed by atoms with van der Waals surface area (Å²) in [5.41, 5.74) is -1.06. The summed E-state index contributed by atoms with van der Waals surface area (Å²) < 4.78 is 50.5. The van der Waals surface area contributed by atoms with Crippen molar-refractivity contribution < 1.29 is 22.3 Å². The maximum Gasteiger partial charge on any atom is 0.433 e. The second-order valence-corrected chi connectivity index (χ2v) is 4.66. The van der Waals surface area contributed by atoms with E-state index >= 15 is 0 Å². The molecule has 0 aliphatic rings. The van der Waals surface area contributed by atoms with Crippen molar-refractivity contribution in [2.24, 2.45) is 0 Å². The average Bonchev–Trinajstić information content (AvgIpc) is 3.17. The Morgan fingerprint density at radius 1 is 1.43 bits per heavy atom. The molecule has 3 aromatic rings. The number of hydrogen-bond donors (Lipinski definition) is 1. The van der Waals surface area contributed by atoms with Gasteiger partial charge in [-0.05, 0) is 12.1 Å². The minimum absolute atomic E-state index is 0.0817. The number of rotatable bonds is 5. The molecule has 0 amide bonds. The number of alkyl halides is 3. The second kappa shape index (κ2) is 5.88. The highest BCUT2D eigenvalue weighted by Crippen LogP contribution is 2.30. The van der Waals surface area contributed by atoms with Gasteiger partial charge in [0.1, 0.15) is 23.9 Å². The number of fused-ring (bicyclic) bond motifs is 1. The number of ether oxygens (including phenoxy) is 1. The predicted molar refractivity (Wildman–Crippen MR) is 72.7 cm³/mol. The molecule has 3 aromatic heterocycles. The van der Waals surface area contributed by atoms with Crippen LogP contribution in [0.5, 0.6) is 0 Å². The Kier molecular flexibility index (Phi) is 3.90. The zero-order chi connectivity index (χ0) is 16.4. The molecule has 0 radical (unpaired) electrons. The van der Waals surface area contributed by atoms with E-state index in [9.17, 15) is 13.2 Å². The monoisotopic (exact) mass is 327 g/mol. The van der Waals surface area contributed by atoms with Crippen LogP contribution in [0.1, 0.15) is 17.5 Å². The Labute approximate surface area is 128 Å². The summed E-state index contributed by atoms with van der Waals surface area (Å²) in [5.74, 6) is 0.446. The number of nitrogens with one attached hydrogen (secondary N) is 1. The van der Waals surface area contributed by atoms with Gasteiger partial charge in [0, 0.05) is 13.2 Å². The SMILES string of the molecule is COCC(Nc1cc(C(F)(F)F)nc2ncnn12)c1ccco1. The summed E-state index contributed by atoms with van der Waals surface area (Å²) >= 11 is 0. The fraction of sp³-hybridized carbons (Fsp3) is 0.308. The van der Waals surface area contributed by atoms with Crippen LogP contribution in [0.4, 0.5) is 19.0 Å². The number of anilines is 1. The fourth-order valence-corrected chi connectivity index (χ4v) is 2.09. The Balaban J connectivity index is 2.02. The van der Waals surface area contributed by atoms with Gasteiger partial charge in [0.25, 0.3) is 5.78 Å². The van der Waals surface area contributed by atoms with Crippen molar-refractivity contribution in [3.8, 4) is 0 Å². The first-order valence-electron chi connectivity index (χ1n) is 6.56. The van der Waals surface area contributed by atoms with E-state index in [4.69, 9.17) is 9.15 Å². The lowest BCUT2D eigenvalue weighted by molar-refractivity contribution is -0.141. The van der Waals surface area contributed by atoms with Crippen LogP contribution in [0.25, 0.3) is 5.78 Å². The molecule has 0 saturated carbocycles. The van der Waals surface area contributed by atoms with Crippen molar-refractivity contribution in [3.63, 3.8) is 0 Å². The van der Waals surface area contributed by atoms with Crippen LogP contribution in [-0.2, 0) is 10.9 Å². The lowest BCUT2D eigenvalue weighted by atomic mass is 10.2. The van der Waals surface area contributed by atoms with E-state index in [1.54, 1.807) is 12.1 Å². The van der Waals surface area contributed by atoms with Crippen LogP contribution >= 0.6 is 0 Å². The van der Waals surface area contributed by atoms with Gasteiger partial charge >= 0.3 is 6.18 Å². The molecule has 0 fully saturated rings. The maximum absolute atomic E-state index is 13.0. The molecular weight excluding hydrogens is 315 g/mol. The van der Waals surface area contributed by atoms with Crippen LogP contribution in [0.2, 0.25) is 0 Å². The van der Waals surface area contributed by atoms with E-state index in [2.05, 4.69) is 20.4 Å². The van der Waals surface area contributed by atoms with Crippen molar-refractivity contribution in [1.29, 1.82) is 0 Å². The molecule has 0 spiro atoms. The maximum atomic E-state index is 13.0. The highest BCUT2D eigenvalue weighted by Gasteiger charge is 2.34. The van der Waals surface area contributed by atoms with Gasteiger partial charge in [0.05, 0.1) is 12.9 Å². The molecule has 1 N–H and O–H groups in total. The van der Waals surface area contributed by atoms with Crippen LogP contribution in [0, 0.1) is 0 Å². The smallest absolute Gasteiger partial charge is 0.433 e. The molecule has 0 bridgehead atoms. The number of nitrogens with zero attached hydrogens (tertiary/aromatic N) is 4. The van der Waals surface area contributed by atoms with Gasteiger partial charge in [-0.25, -0.2) is 4.98 Å². The van der Waals surface area contributed by atoms with Crippen LogP contribution in [-0.4, -0.2) is 33.3 Å². The largest absolute Gasteiger partial charge is 0.467 e. The third-order valence-electron chi connectivity index (χ3n) is 3.08. The molecule has 10 heteroatoms. The number of furan rings is 1.